The van der Waals surface area contributed by atoms with Crippen molar-refractivity contribution in [1.82, 2.24) is 9.97 Å². The third kappa shape index (κ3) is 4.61. The molecule has 0 aliphatic carbocycles. The second-order valence-electron chi connectivity index (χ2n) is 4.31. The topological polar surface area (TPSA) is 102 Å². The summed E-state index contributed by atoms with van der Waals surface area (Å²) in [5.41, 5.74) is -0.135. The average molecular weight is 283 g/mol. The number of hydrogen-bond donors (Lipinski definition) is 2. The van der Waals surface area contributed by atoms with Gasteiger partial charge in [0.2, 0.25) is 11.6 Å². The van der Waals surface area contributed by atoms with Gasteiger partial charge in [0, 0.05) is 19.2 Å². The van der Waals surface area contributed by atoms with Crippen LogP contribution in [0.1, 0.15) is 27.2 Å². The molecule has 1 rings (SSSR count). The van der Waals surface area contributed by atoms with E-state index in [1.807, 2.05) is 20.8 Å². The van der Waals surface area contributed by atoms with Crippen LogP contribution in [0.4, 0.5) is 17.3 Å². The summed E-state index contributed by atoms with van der Waals surface area (Å²) < 4.78 is 5.27. The Bertz CT molecular complexity index is 441. The van der Waals surface area contributed by atoms with Crippen LogP contribution in [0.5, 0.6) is 0 Å². The Morgan fingerprint density at radius 3 is 2.70 bits per heavy atom. The maximum Gasteiger partial charge on any atom is 0.353 e. The summed E-state index contributed by atoms with van der Waals surface area (Å²) in [6.07, 6.45) is 2.16. The van der Waals surface area contributed by atoms with Gasteiger partial charge in [-0.2, -0.15) is 0 Å². The van der Waals surface area contributed by atoms with E-state index in [-0.39, 0.29) is 23.4 Å². The fourth-order valence-electron chi connectivity index (χ4n) is 1.60. The molecule has 0 aliphatic heterocycles. The van der Waals surface area contributed by atoms with Crippen molar-refractivity contribution in [2.24, 2.45) is 0 Å². The number of nitrogens with one attached hydrogen (secondary N) is 2. The van der Waals surface area contributed by atoms with Crippen molar-refractivity contribution in [1.29, 1.82) is 0 Å². The van der Waals surface area contributed by atoms with Crippen LogP contribution in [0.2, 0.25) is 0 Å². The molecule has 8 heteroatoms. The molecule has 1 atom stereocenters. The van der Waals surface area contributed by atoms with Gasteiger partial charge in [0.05, 0.1) is 11.5 Å². The molecule has 0 amide bonds. The van der Waals surface area contributed by atoms with E-state index in [9.17, 15) is 10.1 Å². The standard InChI is InChI=1S/C12H21N5O3/c1-4-6-13-11-10(17(18)19)12(15-8-14-11)16-9(3)7-20-5-2/h8-9H,4-7H2,1-3H3,(H2,13,14,15,16). The van der Waals surface area contributed by atoms with Gasteiger partial charge in [-0.3, -0.25) is 10.1 Å². The Morgan fingerprint density at radius 2 is 2.10 bits per heavy atom. The first-order valence-corrected chi connectivity index (χ1v) is 6.67. The van der Waals surface area contributed by atoms with Crippen molar-refractivity contribution in [3.63, 3.8) is 0 Å². The molecule has 0 saturated heterocycles. The minimum atomic E-state index is -0.478. The van der Waals surface area contributed by atoms with Crippen molar-refractivity contribution in [3.8, 4) is 0 Å². The molecule has 8 nitrogen and oxygen atoms in total. The molecule has 0 spiro atoms. The fourth-order valence-corrected chi connectivity index (χ4v) is 1.60. The van der Waals surface area contributed by atoms with Gasteiger partial charge in [-0.05, 0) is 20.3 Å². The Labute approximate surface area is 118 Å². The second-order valence-corrected chi connectivity index (χ2v) is 4.31. The van der Waals surface area contributed by atoms with E-state index in [0.717, 1.165) is 6.42 Å². The molecule has 0 radical (unpaired) electrons. The summed E-state index contributed by atoms with van der Waals surface area (Å²) in [5.74, 6) is 0.439. The third-order valence-corrected chi connectivity index (χ3v) is 2.50. The zero-order valence-electron chi connectivity index (χ0n) is 12.0. The number of anilines is 2. The molecule has 1 aromatic rings. The Morgan fingerprint density at radius 1 is 1.40 bits per heavy atom. The van der Waals surface area contributed by atoms with Crippen molar-refractivity contribution in [2.75, 3.05) is 30.4 Å². The minimum absolute atomic E-state index is 0.0809. The lowest BCUT2D eigenvalue weighted by Crippen LogP contribution is -2.23. The summed E-state index contributed by atoms with van der Waals surface area (Å²) in [6, 6.07) is -0.0809. The Kier molecular flexibility index (Phi) is 6.65. The SMILES string of the molecule is CCCNc1ncnc(NC(C)COCC)c1[N+](=O)[O-]. The molecule has 0 fully saturated rings. The first kappa shape index (κ1) is 16.1. The largest absolute Gasteiger partial charge is 0.380 e. The smallest absolute Gasteiger partial charge is 0.353 e. The monoisotopic (exact) mass is 283 g/mol. The van der Waals surface area contributed by atoms with Crippen molar-refractivity contribution in [2.45, 2.75) is 33.2 Å². The molecule has 2 N–H and O–H groups in total. The van der Waals surface area contributed by atoms with E-state index in [0.29, 0.717) is 19.8 Å². The van der Waals surface area contributed by atoms with Gasteiger partial charge in [0.25, 0.3) is 0 Å². The normalized spacial score (nSPS) is 11.9. The van der Waals surface area contributed by atoms with Crippen molar-refractivity contribution < 1.29 is 9.66 Å². The third-order valence-electron chi connectivity index (χ3n) is 2.50. The van der Waals surface area contributed by atoms with Gasteiger partial charge >= 0.3 is 5.69 Å². The molecule has 0 aromatic carbocycles. The summed E-state index contributed by atoms with van der Waals surface area (Å²) >= 11 is 0. The van der Waals surface area contributed by atoms with Crippen LogP contribution >= 0.6 is 0 Å². The number of ether oxygens (including phenoxy) is 1. The van der Waals surface area contributed by atoms with Crippen LogP contribution in [-0.4, -0.2) is 40.7 Å². The first-order chi connectivity index (χ1) is 9.60. The van der Waals surface area contributed by atoms with E-state index in [4.69, 9.17) is 4.74 Å². The molecule has 1 heterocycles. The molecule has 0 aliphatic rings. The fraction of sp³-hybridized carbons (Fsp3) is 0.667. The van der Waals surface area contributed by atoms with Crippen LogP contribution in [0.15, 0.2) is 6.33 Å². The zero-order valence-corrected chi connectivity index (χ0v) is 12.0. The van der Waals surface area contributed by atoms with Crippen LogP contribution in [0, 0.1) is 10.1 Å². The predicted molar refractivity (Wildman–Crippen MR) is 77.0 cm³/mol. The summed E-state index contributed by atoms with van der Waals surface area (Å²) in [5, 5.41) is 17.1. The molecular formula is C12H21N5O3. The van der Waals surface area contributed by atoms with E-state index in [1.165, 1.54) is 6.33 Å². The van der Waals surface area contributed by atoms with Crippen LogP contribution in [-0.2, 0) is 4.74 Å². The maximum absolute atomic E-state index is 11.2. The summed E-state index contributed by atoms with van der Waals surface area (Å²) in [6.45, 7) is 7.42. The average Bonchev–Trinajstić information content (AvgIpc) is 2.42. The lowest BCUT2D eigenvalue weighted by Gasteiger charge is -2.15. The van der Waals surface area contributed by atoms with E-state index < -0.39 is 4.92 Å². The van der Waals surface area contributed by atoms with E-state index in [2.05, 4.69) is 20.6 Å². The predicted octanol–water partition coefficient (Wildman–Crippen LogP) is 2.04. The number of aromatic nitrogens is 2. The minimum Gasteiger partial charge on any atom is -0.380 e. The lowest BCUT2D eigenvalue weighted by atomic mass is 10.3. The van der Waals surface area contributed by atoms with Gasteiger partial charge < -0.3 is 15.4 Å². The Balaban J connectivity index is 2.91. The van der Waals surface area contributed by atoms with Gasteiger partial charge in [0.15, 0.2) is 0 Å². The van der Waals surface area contributed by atoms with Crippen LogP contribution in [0.25, 0.3) is 0 Å². The van der Waals surface area contributed by atoms with Gasteiger partial charge in [-0.15, -0.1) is 0 Å². The lowest BCUT2D eigenvalue weighted by molar-refractivity contribution is -0.383. The zero-order chi connectivity index (χ0) is 15.0. The van der Waals surface area contributed by atoms with Crippen molar-refractivity contribution in [3.05, 3.63) is 16.4 Å². The van der Waals surface area contributed by atoms with Crippen LogP contribution < -0.4 is 10.6 Å². The molecular weight excluding hydrogens is 262 g/mol. The van der Waals surface area contributed by atoms with E-state index >= 15 is 0 Å². The molecule has 112 valence electrons. The van der Waals surface area contributed by atoms with Crippen molar-refractivity contribution >= 4 is 17.3 Å². The highest BCUT2D eigenvalue weighted by Gasteiger charge is 2.23. The van der Waals surface area contributed by atoms with Gasteiger partial charge in [-0.1, -0.05) is 6.92 Å². The van der Waals surface area contributed by atoms with Gasteiger partial charge in [0.1, 0.15) is 6.33 Å². The van der Waals surface area contributed by atoms with E-state index in [1.54, 1.807) is 0 Å². The summed E-state index contributed by atoms with van der Waals surface area (Å²) in [7, 11) is 0. The molecule has 20 heavy (non-hydrogen) atoms. The highest BCUT2D eigenvalue weighted by molar-refractivity contribution is 5.69. The highest BCUT2D eigenvalue weighted by atomic mass is 16.6. The summed E-state index contributed by atoms with van der Waals surface area (Å²) in [4.78, 5) is 18.6. The molecule has 0 saturated carbocycles. The van der Waals surface area contributed by atoms with Gasteiger partial charge in [-0.25, -0.2) is 9.97 Å². The number of hydrogen-bond acceptors (Lipinski definition) is 7. The highest BCUT2D eigenvalue weighted by Crippen LogP contribution is 2.29. The second kappa shape index (κ2) is 8.26. The maximum atomic E-state index is 11.2. The number of nitrogens with zero attached hydrogens (tertiary/aromatic N) is 3. The van der Waals surface area contributed by atoms with Crippen LogP contribution in [0.3, 0.4) is 0 Å². The molecule has 1 aromatic heterocycles. The Hall–Kier alpha value is -1.96. The first-order valence-electron chi connectivity index (χ1n) is 6.67. The number of rotatable bonds is 9. The molecule has 1 unspecified atom stereocenters. The molecule has 0 bridgehead atoms. The number of nitro groups is 1. The quantitative estimate of drug-likeness (QED) is 0.528.